The Morgan fingerprint density at radius 1 is 1.05 bits per heavy atom. The molecule has 0 atom stereocenters. The number of benzene rings is 2. The van der Waals surface area contributed by atoms with Crippen LogP contribution in [0.5, 0.6) is 11.5 Å². The molecule has 9 nitrogen and oxygen atoms in total. The molecule has 40 heavy (non-hydrogen) atoms. The molecule has 0 saturated carbocycles. The summed E-state index contributed by atoms with van der Waals surface area (Å²) in [5, 5.41) is 17.0. The fourth-order valence-corrected chi connectivity index (χ4v) is 4.05. The van der Waals surface area contributed by atoms with E-state index < -0.39 is 23.8 Å². The number of nitrogens with zero attached hydrogens (tertiary/aromatic N) is 5. The Morgan fingerprint density at radius 3 is 2.55 bits per heavy atom. The number of aromatic nitrogens is 5. The van der Waals surface area contributed by atoms with Crippen LogP contribution in [0.25, 0.3) is 22.4 Å². The van der Waals surface area contributed by atoms with Gasteiger partial charge in [0.05, 0.1) is 32.0 Å². The van der Waals surface area contributed by atoms with Gasteiger partial charge in [0, 0.05) is 35.0 Å². The summed E-state index contributed by atoms with van der Waals surface area (Å²) in [7, 11) is 1.41. The number of aliphatic hydroxyl groups excluding tert-OH is 1. The standard InChI is InChI=1S/C27H22F4N6O3/c1-39-23-13-33-27(35-26(23)34-15-6-7-32-21(10-15)25(30)31)24-17-4-2-3-5-22(17)37(36-24)14-18-19(28)11-16(12-20(18)29)40-9-8-38/h2-7,10-13,25,38H,8-9,14H2,1H3,(H,32,33,34,35). The van der Waals surface area contributed by atoms with Crippen LogP contribution in [0.1, 0.15) is 17.7 Å². The van der Waals surface area contributed by atoms with E-state index in [1.165, 1.54) is 36.3 Å². The number of halogens is 4. The zero-order chi connectivity index (χ0) is 28.2. The average Bonchev–Trinajstić information content (AvgIpc) is 3.32. The van der Waals surface area contributed by atoms with Gasteiger partial charge < -0.3 is 19.9 Å². The Bertz CT molecular complexity index is 1640. The van der Waals surface area contributed by atoms with Crippen LogP contribution in [0.3, 0.4) is 0 Å². The molecular formula is C27H22F4N6O3. The third kappa shape index (κ3) is 5.50. The molecule has 3 aromatic heterocycles. The number of ether oxygens (including phenoxy) is 2. The molecule has 5 rings (SSSR count). The first kappa shape index (κ1) is 26.8. The fourth-order valence-electron chi connectivity index (χ4n) is 4.05. The maximum absolute atomic E-state index is 14.9. The highest BCUT2D eigenvalue weighted by Gasteiger charge is 2.20. The number of nitrogens with one attached hydrogen (secondary N) is 1. The lowest BCUT2D eigenvalue weighted by Gasteiger charge is -2.11. The maximum Gasteiger partial charge on any atom is 0.280 e. The van der Waals surface area contributed by atoms with Gasteiger partial charge in [0.25, 0.3) is 6.43 Å². The van der Waals surface area contributed by atoms with Crippen LogP contribution in [0, 0.1) is 11.6 Å². The third-order valence-electron chi connectivity index (χ3n) is 5.89. The molecule has 0 unspecified atom stereocenters. The van der Waals surface area contributed by atoms with Crippen LogP contribution in [0.15, 0.2) is 60.9 Å². The van der Waals surface area contributed by atoms with Crippen molar-refractivity contribution in [2.45, 2.75) is 13.0 Å². The van der Waals surface area contributed by atoms with Crippen molar-refractivity contribution in [1.29, 1.82) is 0 Å². The van der Waals surface area contributed by atoms with Gasteiger partial charge >= 0.3 is 0 Å². The summed E-state index contributed by atoms with van der Waals surface area (Å²) in [5.74, 6) is -1.11. The maximum atomic E-state index is 14.9. The summed E-state index contributed by atoms with van der Waals surface area (Å²) < 4.78 is 67.8. The van der Waals surface area contributed by atoms with E-state index in [2.05, 4.69) is 25.4 Å². The Kier molecular flexibility index (Phi) is 7.73. The van der Waals surface area contributed by atoms with E-state index >= 15 is 0 Å². The largest absolute Gasteiger partial charge is 0.491 e. The molecule has 2 N–H and O–H groups in total. The van der Waals surface area contributed by atoms with Crippen molar-refractivity contribution in [3.63, 3.8) is 0 Å². The molecule has 0 amide bonds. The van der Waals surface area contributed by atoms with Gasteiger partial charge in [0.1, 0.15) is 35.4 Å². The van der Waals surface area contributed by atoms with Crippen molar-refractivity contribution in [2.75, 3.05) is 25.6 Å². The molecule has 0 aliphatic heterocycles. The molecule has 13 heteroatoms. The second kappa shape index (κ2) is 11.5. The number of methoxy groups -OCH3 is 1. The van der Waals surface area contributed by atoms with E-state index in [4.69, 9.17) is 14.6 Å². The SMILES string of the molecule is COc1cnc(-c2nn(Cc3c(F)cc(OCCO)cc3F)c3ccccc23)nc1Nc1ccnc(C(F)F)c1. The number of alkyl halides is 2. The molecule has 0 radical (unpaired) electrons. The quantitative estimate of drug-likeness (QED) is 0.225. The van der Waals surface area contributed by atoms with E-state index in [9.17, 15) is 17.6 Å². The van der Waals surface area contributed by atoms with Crippen LogP contribution in [-0.4, -0.2) is 50.2 Å². The molecule has 206 valence electrons. The number of fused-ring (bicyclic) bond motifs is 1. The summed E-state index contributed by atoms with van der Waals surface area (Å²) in [6.45, 7) is -0.636. The first-order chi connectivity index (χ1) is 19.4. The summed E-state index contributed by atoms with van der Waals surface area (Å²) in [6.07, 6.45) is -0.103. The highest BCUT2D eigenvalue weighted by molar-refractivity contribution is 5.92. The van der Waals surface area contributed by atoms with Gasteiger partial charge in [-0.2, -0.15) is 5.10 Å². The van der Waals surface area contributed by atoms with Crippen LogP contribution in [0.4, 0.5) is 29.1 Å². The lowest BCUT2D eigenvalue weighted by atomic mass is 10.1. The number of aliphatic hydroxyl groups is 1. The molecule has 0 aliphatic rings. The van der Waals surface area contributed by atoms with Gasteiger partial charge in [-0.15, -0.1) is 0 Å². The van der Waals surface area contributed by atoms with Gasteiger partial charge in [-0.1, -0.05) is 18.2 Å². The first-order valence-electron chi connectivity index (χ1n) is 12.0. The van der Waals surface area contributed by atoms with E-state index in [0.717, 1.165) is 12.1 Å². The van der Waals surface area contributed by atoms with Gasteiger partial charge in [-0.25, -0.2) is 27.5 Å². The highest BCUT2D eigenvalue weighted by Crippen LogP contribution is 2.32. The Balaban J connectivity index is 1.52. The average molecular weight is 555 g/mol. The topological polar surface area (TPSA) is 107 Å². The predicted octanol–water partition coefficient (Wildman–Crippen LogP) is 5.28. The molecule has 0 aliphatic carbocycles. The van der Waals surface area contributed by atoms with Crippen molar-refractivity contribution < 1.29 is 32.1 Å². The van der Waals surface area contributed by atoms with Gasteiger partial charge in [0.15, 0.2) is 17.4 Å². The normalized spacial score (nSPS) is 11.3. The lowest BCUT2D eigenvalue weighted by Crippen LogP contribution is -2.08. The number of anilines is 2. The Labute approximate surface area is 225 Å². The number of hydrogen-bond donors (Lipinski definition) is 2. The van der Waals surface area contributed by atoms with Crippen LogP contribution in [-0.2, 0) is 6.54 Å². The zero-order valence-corrected chi connectivity index (χ0v) is 21.0. The smallest absolute Gasteiger partial charge is 0.280 e. The van der Waals surface area contributed by atoms with E-state index in [1.54, 1.807) is 24.3 Å². The predicted molar refractivity (Wildman–Crippen MR) is 138 cm³/mol. The summed E-state index contributed by atoms with van der Waals surface area (Å²) in [4.78, 5) is 12.5. The number of para-hydroxylation sites is 1. The van der Waals surface area contributed by atoms with E-state index in [-0.39, 0.29) is 48.5 Å². The molecule has 0 bridgehead atoms. The first-order valence-corrected chi connectivity index (χ1v) is 12.0. The van der Waals surface area contributed by atoms with Crippen molar-refractivity contribution in [1.82, 2.24) is 24.7 Å². The molecule has 0 spiro atoms. The molecule has 5 aromatic rings. The summed E-state index contributed by atoms with van der Waals surface area (Å²) in [6, 6.07) is 11.8. The number of pyridine rings is 1. The van der Waals surface area contributed by atoms with Crippen LogP contribution in [0.2, 0.25) is 0 Å². The van der Waals surface area contributed by atoms with Gasteiger partial charge in [-0.05, 0) is 18.2 Å². The fraction of sp³-hybridized carbons (Fsp3) is 0.185. The second-order valence-electron chi connectivity index (χ2n) is 8.47. The highest BCUT2D eigenvalue weighted by atomic mass is 19.3. The van der Waals surface area contributed by atoms with Crippen molar-refractivity contribution in [2.24, 2.45) is 0 Å². The molecule has 3 heterocycles. The number of hydrogen-bond acceptors (Lipinski definition) is 8. The number of rotatable bonds is 10. The van der Waals surface area contributed by atoms with Crippen LogP contribution >= 0.6 is 0 Å². The minimum Gasteiger partial charge on any atom is -0.491 e. The van der Waals surface area contributed by atoms with Gasteiger partial charge in [-0.3, -0.25) is 9.67 Å². The third-order valence-corrected chi connectivity index (χ3v) is 5.89. The van der Waals surface area contributed by atoms with Crippen molar-refractivity contribution in [3.05, 3.63) is 83.8 Å². The van der Waals surface area contributed by atoms with Crippen LogP contribution < -0.4 is 14.8 Å². The molecule has 0 saturated heterocycles. The molecule has 2 aromatic carbocycles. The zero-order valence-electron chi connectivity index (χ0n) is 21.0. The summed E-state index contributed by atoms with van der Waals surface area (Å²) >= 11 is 0. The van der Waals surface area contributed by atoms with E-state index in [0.29, 0.717) is 22.3 Å². The molecule has 0 fully saturated rings. The minimum absolute atomic E-state index is 0.0413. The van der Waals surface area contributed by atoms with E-state index in [1.807, 2.05) is 0 Å². The molecular weight excluding hydrogens is 532 g/mol. The van der Waals surface area contributed by atoms with Gasteiger partial charge in [0.2, 0.25) is 0 Å². The van der Waals surface area contributed by atoms with Crippen molar-refractivity contribution in [3.8, 4) is 23.0 Å². The second-order valence-corrected chi connectivity index (χ2v) is 8.47. The monoisotopic (exact) mass is 554 g/mol. The minimum atomic E-state index is -2.75. The summed E-state index contributed by atoms with van der Waals surface area (Å²) in [5.41, 5.74) is 0.563. The lowest BCUT2D eigenvalue weighted by molar-refractivity contribution is 0.146. The Morgan fingerprint density at radius 2 is 1.82 bits per heavy atom. The Hall–Kier alpha value is -4.78. The van der Waals surface area contributed by atoms with Crippen molar-refractivity contribution >= 4 is 22.4 Å².